The summed E-state index contributed by atoms with van der Waals surface area (Å²) in [5, 5.41) is 0. The lowest BCUT2D eigenvalue weighted by Gasteiger charge is -2.10. The molecule has 12 rings (SSSR count). The first kappa shape index (κ1) is 71.7. The molecule has 0 saturated heterocycles. The maximum absolute atomic E-state index is 2.26. The van der Waals surface area contributed by atoms with Gasteiger partial charge >= 0.3 is 0 Å². The smallest absolute Gasteiger partial charge is 0.201 e. The lowest BCUT2D eigenvalue weighted by Crippen LogP contribution is -2.33. The van der Waals surface area contributed by atoms with Gasteiger partial charge in [-0.1, -0.05) is 109 Å². The number of hydrogen-bond acceptors (Lipinski definition) is 0. The Bertz CT molecular complexity index is 4450. The molecular formula is C88H104N6+6. The van der Waals surface area contributed by atoms with Crippen molar-refractivity contribution in [1.82, 2.24) is 0 Å². The quantitative estimate of drug-likeness (QED) is 0.148. The van der Waals surface area contributed by atoms with E-state index in [0.29, 0.717) is 0 Å². The Hall–Kier alpha value is -9.78. The topological polar surface area (TPSA) is 23.3 Å². The van der Waals surface area contributed by atoms with Crippen LogP contribution in [0.2, 0.25) is 0 Å². The Morgan fingerprint density at radius 3 is 0.904 bits per heavy atom. The Kier molecular flexibility index (Phi) is 25.3. The average Bonchev–Trinajstić information content (AvgIpc) is 1.21. The molecule has 480 valence electrons. The molecule has 0 aliphatic heterocycles. The van der Waals surface area contributed by atoms with Crippen LogP contribution in [0.15, 0.2) is 231 Å². The molecule has 0 aliphatic carbocycles. The molecule has 0 aliphatic rings. The number of aromatic nitrogens is 6. The molecule has 0 fully saturated rings. The Morgan fingerprint density at radius 2 is 0.521 bits per heavy atom. The summed E-state index contributed by atoms with van der Waals surface area (Å²) in [5.74, 6) is 0. The molecule has 6 heterocycles. The van der Waals surface area contributed by atoms with E-state index in [9.17, 15) is 0 Å². The molecule has 0 N–H and O–H groups in total. The predicted octanol–water partition coefficient (Wildman–Crippen LogP) is 18.0. The third kappa shape index (κ3) is 18.3. The molecule has 0 spiro atoms. The highest BCUT2D eigenvalue weighted by Gasteiger charge is 2.21. The van der Waals surface area contributed by atoms with Gasteiger partial charge < -0.3 is 0 Å². The second-order valence-electron chi connectivity index (χ2n) is 25.8. The molecule has 6 nitrogen and oxygen atoms in total. The Balaban J connectivity index is 0.000000160. The molecule has 0 amide bonds. The Morgan fingerprint density at radius 1 is 0.191 bits per heavy atom. The van der Waals surface area contributed by atoms with Crippen molar-refractivity contribution in [3.63, 3.8) is 0 Å². The van der Waals surface area contributed by atoms with Gasteiger partial charge in [0, 0.05) is 103 Å². The zero-order chi connectivity index (χ0) is 68.5. The molecule has 0 unspecified atom stereocenters. The van der Waals surface area contributed by atoms with Gasteiger partial charge in [-0.15, -0.1) is 0 Å². The van der Waals surface area contributed by atoms with Crippen molar-refractivity contribution in [3.05, 3.63) is 320 Å². The first-order valence-corrected chi connectivity index (χ1v) is 32.9. The number of hydrogen-bond donors (Lipinski definition) is 0. The van der Waals surface area contributed by atoms with Gasteiger partial charge in [-0.2, -0.15) is 0 Å². The zero-order valence-electron chi connectivity index (χ0n) is 60.6. The van der Waals surface area contributed by atoms with Crippen molar-refractivity contribution < 1.29 is 27.4 Å². The van der Waals surface area contributed by atoms with Gasteiger partial charge in [0.15, 0.2) is 37.2 Å². The number of pyridine rings is 6. The maximum atomic E-state index is 2.26. The summed E-state index contributed by atoms with van der Waals surface area (Å²) in [5.41, 5.74) is 36.9. The van der Waals surface area contributed by atoms with Gasteiger partial charge in [0.2, 0.25) is 34.2 Å². The summed E-state index contributed by atoms with van der Waals surface area (Å²) in [6, 6.07) is 68.5. The summed E-state index contributed by atoms with van der Waals surface area (Å²) >= 11 is 0. The minimum atomic E-state index is 1.27. The third-order valence-electron chi connectivity index (χ3n) is 18.0. The molecule has 6 heteroatoms. The van der Waals surface area contributed by atoms with Crippen molar-refractivity contribution in [2.24, 2.45) is 42.3 Å². The van der Waals surface area contributed by atoms with Crippen molar-refractivity contribution in [2.45, 2.75) is 111 Å². The van der Waals surface area contributed by atoms with Crippen LogP contribution in [0.25, 0.3) is 67.5 Å². The first-order valence-electron chi connectivity index (χ1n) is 32.9. The van der Waals surface area contributed by atoms with E-state index in [4.69, 9.17) is 0 Å². The van der Waals surface area contributed by atoms with Crippen LogP contribution in [0.1, 0.15) is 89.0 Å². The van der Waals surface area contributed by atoms with Crippen LogP contribution in [0.5, 0.6) is 0 Å². The number of aryl methyl sites for hydroxylation is 20. The lowest BCUT2D eigenvalue weighted by atomic mass is 9.97. The van der Waals surface area contributed by atoms with Crippen molar-refractivity contribution >= 4 is 0 Å². The van der Waals surface area contributed by atoms with Crippen LogP contribution in [0, 0.1) is 111 Å². The van der Waals surface area contributed by atoms with Crippen LogP contribution in [0.4, 0.5) is 0 Å². The number of nitrogens with zero attached hydrogens (tertiary/aromatic N) is 6. The molecule has 0 atom stereocenters. The van der Waals surface area contributed by atoms with E-state index in [1.54, 1.807) is 0 Å². The van der Waals surface area contributed by atoms with Crippen molar-refractivity contribution in [3.8, 4) is 67.5 Å². The highest BCUT2D eigenvalue weighted by Crippen LogP contribution is 2.28. The standard InChI is InChI=1S/C16H20N.2C15H18N.3C14H16N/c1-11-8-6-7-9-15(11)16-14(4)13(3)12(2)10-17(16)5;1-11-9-13(3)15(16(4)10-11)14-8-6-5-7-12(14)2;1-11-7-5-6-8-14(11)15-9-12(2)13(3)10-16(15)4;1-11-7-4-5-9-13(11)14-12(2)8-6-10-15(14)3;2*1-11-8-9-15(3)14(10-11)13-7-5-4-6-12(13)2/h6-10H,1-5H3;2*5-10H,1-4H3;3*4-10H,1-3H3/q6*+1. The number of benzene rings is 6. The summed E-state index contributed by atoms with van der Waals surface area (Å²) in [7, 11) is 12.6. The van der Waals surface area contributed by atoms with E-state index in [0.717, 1.165) is 0 Å². The second-order valence-corrected chi connectivity index (χ2v) is 25.8. The minimum absolute atomic E-state index is 1.27. The molecule has 0 saturated carbocycles. The highest BCUT2D eigenvalue weighted by molar-refractivity contribution is 5.68. The van der Waals surface area contributed by atoms with E-state index in [1.807, 2.05) is 0 Å². The van der Waals surface area contributed by atoms with Gasteiger partial charge in [0.1, 0.15) is 42.3 Å². The zero-order valence-corrected chi connectivity index (χ0v) is 60.6. The summed E-state index contributed by atoms with van der Waals surface area (Å²) in [6.45, 7) is 34.6. The van der Waals surface area contributed by atoms with Crippen LogP contribution >= 0.6 is 0 Å². The summed E-state index contributed by atoms with van der Waals surface area (Å²) < 4.78 is 13.2. The van der Waals surface area contributed by atoms with Gasteiger partial charge in [0.25, 0.3) is 0 Å². The fourth-order valence-corrected chi connectivity index (χ4v) is 12.4. The fourth-order valence-electron chi connectivity index (χ4n) is 12.4. The van der Waals surface area contributed by atoms with Crippen molar-refractivity contribution in [2.75, 3.05) is 0 Å². The molecule has 12 aromatic rings. The largest absolute Gasteiger partial charge is 0.215 e. The van der Waals surface area contributed by atoms with Crippen LogP contribution in [-0.4, -0.2) is 0 Å². The van der Waals surface area contributed by atoms with Crippen LogP contribution < -0.4 is 27.4 Å². The van der Waals surface area contributed by atoms with E-state index in [-0.39, 0.29) is 0 Å². The van der Waals surface area contributed by atoms with E-state index < -0.39 is 0 Å². The molecule has 6 aromatic heterocycles. The normalized spacial score (nSPS) is 10.4. The molecule has 0 radical (unpaired) electrons. The lowest BCUT2D eigenvalue weighted by molar-refractivity contribution is -0.661. The summed E-state index contributed by atoms with van der Waals surface area (Å²) in [6.07, 6.45) is 12.9. The van der Waals surface area contributed by atoms with E-state index >= 15 is 0 Å². The molecular weight excluding hydrogens is 1140 g/mol. The monoisotopic (exact) mass is 1240 g/mol. The van der Waals surface area contributed by atoms with E-state index in [2.05, 4.69) is 412 Å². The second kappa shape index (κ2) is 33.2. The number of rotatable bonds is 6. The third-order valence-corrected chi connectivity index (χ3v) is 18.0. The predicted molar refractivity (Wildman–Crippen MR) is 394 cm³/mol. The first-order chi connectivity index (χ1) is 44.8. The van der Waals surface area contributed by atoms with Gasteiger partial charge in [-0.3, -0.25) is 0 Å². The molecule has 6 aromatic carbocycles. The van der Waals surface area contributed by atoms with E-state index in [1.165, 1.54) is 157 Å². The van der Waals surface area contributed by atoms with Crippen LogP contribution in [0.3, 0.4) is 0 Å². The SMILES string of the molecule is Cc1cc(-c2ccccc2C)[n+](C)cc1C.Cc1cc(C)c(-c2ccccc2C)[n+](C)c1.Cc1cc[n+](C)c(-c2ccccc2C)c1.Cc1cc[n+](C)c(-c2ccccc2C)c1.Cc1ccccc1-c1c(C)c(C)c(C)c[n+]1C.Cc1ccccc1-c1c(C)ccc[n+]1C. The van der Waals surface area contributed by atoms with Crippen molar-refractivity contribution in [1.29, 1.82) is 0 Å². The Labute approximate surface area is 565 Å². The fraction of sp³-hybridized carbons (Fsp3) is 0.250. The van der Waals surface area contributed by atoms with Gasteiger partial charge in [-0.05, 0) is 215 Å². The molecule has 94 heavy (non-hydrogen) atoms. The highest BCUT2D eigenvalue weighted by atomic mass is 14.9. The maximum Gasteiger partial charge on any atom is 0.215 e. The molecule has 0 bridgehead atoms. The van der Waals surface area contributed by atoms with Gasteiger partial charge in [-0.25, -0.2) is 27.4 Å². The summed E-state index contributed by atoms with van der Waals surface area (Å²) in [4.78, 5) is 0. The van der Waals surface area contributed by atoms with Crippen LogP contribution in [-0.2, 0) is 42.3 Å². The minimum Gasteiger partial charge on any atom is -0.201 e. The average molecular weight is 1250 g/mol. The van der Waals surface area contributed by atoms with Gasteiger partial charge in [0.05, 0.1) is 0 Å².